The molecule has 0 saturated carbocycles. The lowest BCUT2D eigenvalue weighted by atomic mass is 10.1. The van der Waals surface area contributed by atoms with E-state index in [2.05, 4.69) is 0 Å². The molecule has 3 amide bonds. The van der Waals surface area contributed by atoms with Gasteiger partial charge in [-0.25, -0.2) is 0 Å². The SMILES string of the molecule is CC(=O)N1CCc2cc(C(=O)N3CCN(C(=O)C4COc5ccccc5O4)CC3)ccc21. The molecular formula is C24H25N3O5. The van der Waals surface area contributed by atoms with Crippen LogP contribution in [-0.4, -0.2) is 73.0 Å². The monoisotopic (exact) mass is 435 g/mol. The van der Waals surface area contributed by atoms with Crippen molar-refractivity contribution in [3.63, 3.8) is 0 Å². The van der Waals surface area contributed by atoms with E-state index in [4.69, 9.17) is 9.47 Å². The van der Waals surface area contributed by atoms with Gasteiger partial charge in [-0.05, 0) is 42.3 Å². The van der Waals surface area contributed by atoms with Gasteiger partial charge in [0.2, 0.25) is 12.0 Å². The number of fused-ring (bicyclic) bond motifs is 2. The molecule has 0 bridgehead atoms. The molecule has 2 aromatic carbocycles. The Labute approximate surface area is 186 Å². The molecule has 0 N–H and O–H groups in total. The molecule has 2 aromatic rings. The first-order valence-electron chi connectivity index (χ1n) is 10.9. The molecule has 0 aliphatic carbocycles. The van der Waals surface area contributed by atoms with Gasteiger partial charge in [0.05, 0.1) is 0 Å². The van der Waals surface area contributed by atoms with E-state index in [1.165, 1.54) is 0 Å². The van der Waals surface area contributed by atoms with Crippen molar-refractivity contribution in [2.75, 3.05) is 44.2 Å². The normalized spacial score (nSPS) is 19.5. The largest absolute Gasteiger partial charge is 0.485 e. The lowest BCUT2D eigenvalue weighted by molar-refractivity contribution is -0.142. The van der Waals surface area contributed by atoms with Crippen LogP contribution in [0.3, 0.4) is 0 Å². The number of carbonyl (C=O) groups excluding carboxylic acids is 3. The van der Waals surface area contributed by atoms with Crippen LogP contribution < -0.4 is 14.4 Å². The maximum Gasteiger partial charge on any atom is 0.267 e. The maximum atomic E-state index is 13.0. The summed E-state index contributed by atoms with van der Waals surface area (Å²) in [7, 11) is 0. The fourth-order valence-electron chi connectivity index (χ4n) is 4.52. The first-order valence-corrected chi connectivity index (χ1v) is 10.9. The molecule has 1 saturated heterocycles. The summed E-state index contributed by atoms with van der Waals surface area (Å²) in [5.41, 5.74) is 2.53. The van der Waals surface area contributed by atoms with Crippen molar-refractivity contribution < 1.29 is 23.9 Å². The smallest absolute Gasteiger partial charge is 0.267 e. The molecule has 1 fully saturated rings. The number of nitrogens with zero attached hydrogens (tertiary/aromatic N) is 3. The Kier molecular flexibility index (Phi) is 5.20. The summed E-state index contributed by atoms with van der Waals surface area (Å²) in [5, 5.41) is 0. The number of piperazine rings is 1. The van der Waals surface area contributed by atoms with Gasteiger partial charge in [-0.2, -0.15) is 0 Å². The molecule has 1 atom stereocenters. The lowest BCUT2D eigenvalue weighted by Gasteiger charge is -2.37. The number of rotatable bonds is 2. The number of benzene rings is 2. The number of para-hydroxylation sites is 2. The predicted octanol–water partition coefficient (Wildman–Crippen LogP) is 1.72. The van der Waals surface area contributed by atoms with Gasteiger partial charge in [0, 0.05) is 50.9 Å². The van der Waals surface area contributed by atoms with Gasteiger partial charge in [0.1, 0.15) is 6.61 Å². The molecule has 8 nitrogen and oxygen atoms in total. The third-order valence-corrected chi connectivity index (χ3v) is 6.26. The number of hydrogen-bond acceptors (Lipinski definition) is 5. The summed E-state index contributed by atoms with van der Waals surface area (Å²) < 4.78 is 11.5. The van der Waals surface area contributed by atoms with Crippen LogP contribution in [0.15, 0.2) is 42.5 Å². The van der Waals surface area contributed by atoms with Crippen molar-refractivity contribution in [3.05, 3.63) is 53.6 Å². The summed E-state index contributed by atoms with van der Waals surface area (Å²) in [6, 6.07) is 12.8. The Morgan fingerprint density at radius 2 is 1.62 bits per heavy atom. The van der Waals surface area contributed by atoms with Gasteiger partial charge < -0.3 is 24.2 Å². The van der Waals surface area contributed by atoms with E-state index in [1.807, 2.05) is 30.3 Å². The third-order valence-electron chi connectivity index (χ3n) is 6.26. The number of hydrogen-bond donors (Lipinski definition) is 0. The Bertz CT molecular complexity index is 1080. The number of amides is 3. The number of carbonyl (C=O) groups is 3. The van der Waals surface area contributed by atoms with E-state index in [1.54, 1.807) is 33.8 Å². The van der Waals surface area contributed by atoms with Crippen LogP contribution in [-0.2, 0) is 16.0 Å². The Balaban J connectivity index is 1.19. The highest BCUT2D eigenvalue weighted by molar-refractivity contribution is 5.98. The zero-order valence-corrected chi connectivity index (χ0v) is 18.0. The van der Waals surface area contributed by atoms with E-state index >= 15 is 0 Å². The minimum atomic E-state index is -0.673. The molecule has 0 aromatic heterocycles. The van der Waals surface area contributed by atoms with E-state index in [9.17, 15) is 14.4 Å². The Morgan fingerprint density at radius 3 is 2.38 bits per heavy atom. The lowest BCUT2D eigenvalue weighted by Crippen LogP contribution is -2.55. The fraction of sp³-hybridized carbons (Fsp3) is 0.375. The summed E-state index contributed by atoms with van der Waals surface area (Å²) in [5.74, 6) is 1.07. The highest BCUT2D eigenvalue weighted by Gasteiger charge is 2.34. The van der Waals surface area contributed by atoms with Crippen molar-refractivity contribution in [2.45, 2.75) is 19.4 Å². The van der Waals surface area contributed by atoms with Crippen molar-refractivity contribution in [3.8, 4) is 11.5 Å². The second kappa shape index (κ2) is 8.18. The first-order chi connectivity index (χ1) is 15.5. The zero-order valence-electron chi connectivity index (χ0n) is 18.0. The van der Waals surface area contributed by atoms with Crippen molar-refractivity contribution in [1.82, 2.24) is 9.80 Å². The van der Waals surface area contributed by atoms with Crippen LogP contribution in [0.2, 0.25) is 0 Å². The molecular weight excluding hydrogens is 410 g/mol. The predicted molar refractivity (Wildman–Crippen MR) is 117 cm³/mol. The fourth-order valence-corrected chi connectivity index (χ4v) is 4.52. The molecule has 0 spiro atoms. The standard InChI is InChI=1S/C24H25N3O5/c1-16(28)27-9-8-17-14-18(6-7-19(17)27)23(29)25-10-12-26(13-11-25)24(30)22-15-31-20-4-2-3-5-21(20)32-22/h2-7,14,22H,8-13,15H2,1H3. The van der Waals surface area contributed by atoms with Gasteiger partial charge in [-0.15, -0.1) is 0 Å². The van der Waals surface area contributed by atoms with Crippen LogP contribution >= 0.6 is 0 Å². The maximum absolute atomic E-state index is 13.0. The first kappa shape index (κ1) is 20.4. The van der Waals surface area contributed by atoms with E-state index < -0.39 is 6.10 Å². The average molecular weight is 435 g/mol. The summed E-state index contributed by atoms with van der Waals surface area (Å²) in [6.07, 6.45) is 0.0818. The minimum absolute atomic E-state index is 0.0134. The number of ether oxygens (including phenoxy) is 2. The number of anilines is 1. The highest BCUT2D eigenvalue weighted by Crippen LogP contribution is 2.32. The second-order valence-electron chi connectivity index (χ2n) is 8.25. The van der Waals surface area contributed by atoms with Crippen LogP contribution in [0.5, 0.6) is 11.5 Å². The van der Waals surface area contributed by atoms with Crippen LogP contribution in [0.1, 0.15) is 22.8 Å². The van der Waals surface area contributed by atoms with Gasteiger partial charge >= 0.3 is 0 Å². The molecule has 3 heterocycles. The Morgan fingerprint density at radius 1 is 0.906 bits per heavy atom. The Hall–Kier alpha value is -3.55. The van der Waals surface area contributed by atoms with Crippen LogP contribution in [0.4, 0.5) is 5.69 Å². The van der Waals surface area contributed by atoms with Gasteiger partial charge in [-0.1, -0.05) is 12.1 Å². The molecule has 32 heavy (non-hydrogen) atoms. The van der Waals surface area contributed by atoms with Crippen molar-refractivity contribution in [1.29, 1.82) is 0 Å². The van der Waals surface area contributed by atoms with Crippen molar-refractivity contribution in [2.24, 2.45) is 0 Å². The van der Waals surface area contributed by atoms with E-state index in [0.717, 1.165) is 17.7 Å². The van der Waals surface area contributed by atoms with Crippen LogP contribution in [0, 0.1) is 0 Å². The van der Waals surface area contributed by atoms with Crippen LogP contribution in [0.25, 0.3) is 0 Å². The third kappa shape index (κ3) is 3.66. The molecule has 3 aliphatic heterocycles. The molecule has 1 unspecified atom stereocenters. The summed E-state index contributed by atoms with van der Waals surface area (Å²) in [4.78, 5) is 42.9. The van der Waals surface area contributed by atoms with Gasteiger partial charge in [-0.3, -0.25) is 14.4 Å². The molecule has 0 radical (unpaired) electrons. The quantitative estimate of drug-likeness (QED) is 0.718. The molecule has 5 rings (SSSR count). The van der Waals surface area contributed by atoms with E-state index in [0.29, 0.717) is 49.8 Å². The average Bonchev–Trinajstić information content (AvgIpc) is 3.26. The highest BCUT2D eigenvalue weighted by atomic mass is 16.6. The van der Waals surface area contributed by atoms with Gasteiger partial charge in [0.15, 0.2) is 11.5 Å². The minimum Gasteiger partial charge on any atom is -0.485 e. The second-order valence-corrected chi connectivity index (χ2v) is 8.25. The molecule has 166 valence electrons. The topological polar surface area (TPSA) is 79.4 Å². The molecule has 8 heteroatoms. The molecule has 3 aliphatic rings. The summed E-state index contributed by atoms with van der Waals surface area (Å²) >= 11 is 0. The van der Waals surface area contributed by atoms with E-state index in [-0.39, 0.29) is 24.3 Å². The van der Waals surface area contributed by atoms with Gasteiger partial charge in [0.25, 0.3) is 11.8 Å². The zero-order chi connectivity index (χ0) is 22.2. The van der Waals surface area contributed by atoms with Crippen molar-refractivity contribution >= 4 is 23.4 Å². The summed E-state index contributed by atoms with van der Waals surface area (Å²) in [6.45, 7) is 4.22.